The number of aliphatic hydroxyl groups excluding tert-OH is 1. The zero-order chi connectivity index (χ0) is 13.3. The molecule has 0 aliphatic heterocycles. The van der Waals surface area contributed by atoms with Crippen molar-refractivity contribution in [2.45, 2.75) is 26.4 Å². The van der Waals surface area contributed by atoms with Gasteiger partial charge in [0.25, 0.3) is 5.91 Å². The van der Waals surface area contributed by atoms with E-state index < -0.39 is 12.0 Å². The molecule has 18 heavy (non-hydrogen) atoms. The highest BCUT2D eigenvalue weighted by Crippen LogP contribution is 2.40. The molecule has 0 heterocycles. The van der Waals surface area contributed by atoms with Gasteiger partial charge >= 0.3 is 0 Å². The van der Waals surface area contributed by atoms with Crippen molar-refractivity contribution in [3.63, 3.8) is 0 Å². The summed E-state index contributed by atoms with van der Waals surface area (Å²) in [7, 11) is 0. The van der Waals surface area contributed by atoms with E-state index in [9.17, 15) is 9.90 Å². The molecule has 0 fully saturated rings. The van der Waals surface area contributed by atoms with Crippen LogP contribution in [0.4, 0.5) is 0 Å². The fourth-order valence-electron chi connectivity index (χ4n) is 2.22. The quantitative estimate of drug-likeness (QED) is 0.850. The lowest BCUT2D eigenvalue weighted by molar-refractivity contribution is -0.119. The van der Waals surface area contributed by atoms with Crippen LogP contribution in [0.25, 0.3) is 6.08 Å². The molecule has 0 saturated carbocycles. The van der Waals surface area contributed by atoms with E-state index in [1.165, 1.54) is 0 Å². The molecule has 4 heteroatoms. The largest absolute Gasteiger partial charge is 0.483 e. The molecular formula is C14H17NO3. The summed E-state index contributed by atoms with van der Waals surface area (Å²) in [4.78, 5) is 10.7. The number of ether oxygens (including phenoxy) is 1. The van der Waals surface area contributed by atoms with Crippen molar-refractivity contribution in [1.29, 1.82) is 0 Å². The number of nitrogens with two attached hydrogens (primary N) is 1. The summed E-state index contributed by atoms with van der Waals surface area (Å²) in [6.45, 7) is 3.80. The number of hydrogen-bond donors (Lipinski definition) is 2. The molecule has 1 aromatic rings. The molecule has 0 spiro atoms. The Morgan fingerprint density at radius 3 is 2.83 bits per heavy atom. The Kier molecular flexibility index (Phi) is 3.39. The van der Waals surface area contributed by atoms with Gasteiger partial charge in [0, 0.05) is 0 Å². The number of benzene rings is 1. The average Bonchev–Trinajstić information content (AvgIpc) is 2.66. The summed E-state index contributed by atoms with van der Waals surface area (Å²) in [6, 6.07) is 3.61. The predicted molar refractivity (Wildman–Crippen MR) is 69.1 cm³/mol. The normalized spacial score (nSPS) is 17.3. The predicted octanol–water partition coefficient (Wildman–Crippen LogP) is 1.70. The molecule has 2 rings (SSSR count). The number of carbonyl (C=O) groups is 1. The van der Waals surface area contributed by atoms with Crippen molar-refractivity contribution in [3.8, 4) is 5.75 Å². The summed E-state index contributed by atoms with van der Waals surface area (Å²) in [5, 5.41) is 10.1. The summed E-state index contributed by atoms with van der Waals surface area (Å²) >= 11 is 0. The number of carbonyl (C=O) groups excluding carboxylic acids is 1. The van der Waals surface area contributed by atoms with Gasteiger partial charge in [-0.2, -0.15) is 0 Å². The molecule has 0 saturated heterocycles. The van der Waals surface area contributed by atoms with Gasteiger partial charge in [0.1, 0.15) is 11.9 Å². The molecule has 0 radical (unpaired) electrons. The molecule has 1 aliphatic carbocycles. The number of fused-ring (bicyclic) bond motifs is 1. The first-order valence-corrected chi connectivity index (χ1v) is 5.97. The number of aliphatic hydroxyl groups is 1. The maximum Gasteiger partial charge on any atom is 0.255 e. The third kappa shape index (κ3) is 2.11. The Hall–Kier alpha value is -1.81. The van der Waals surface area contributed by atoms with Crippen LogP contribution in [0, 0.1) is 6.92 Å². The van der Waals surface area contributed by atoms with Gasteiger partial charge in [0.05, 0.1) is 0 Å². The minimum absolute atomic E-state index is 0.132. The zero-order valence-corrected chi connectivity index (χ0v) is 10.6. The van der Waals surface area contributed by atoms with Crippen LogP contribution in [0.1, 0.15) is 36.1 Å². The first-order valence-electron chi connectivity index (χ1n) is 5.97. The second-order valence-electron chi connectivity index (χ2n) is 4.42. The Labute approximate surface area is 106 Å². The maximum absolute atomic E-state index is 10.7. The Morgan fingerprint density at radius 1 is 1.50 bits per heavy atom. The van der Waals surface area contributed by atoms with Crippen molar-refractivity contribution in [2.24, 2.45) is 5.73 Å². The maximum atomic E-state index is 10.7. The fraction of sp³-hybridized carbons (Fsp3) is 0.357. The van der Waals surface area contributed by atoms with Crippen molar-refractivity contribution < 1.29 is 14.6 Å². The van der Waals surface area contributed by atoms with Crippen LogP contribution in [0.15, 0.2) is 17.7 Å². The van der Waals surface area contributed by atoms with Crippen LogP contribution in [0.2, 0.25) is 0 Å². The lowest BCUT2D eigenvalue weighted by Crippen LogP contribution is -2.20. The molecule has 3 N–H and O–H groups in total. The lowest BCUT2D eigenvalue weighted by atomic mass is 10.0. The smallest absolute Gasteiger partial charge is 0.255 e. The second-order valence-corrected chi connectivity index (χ2v) is 4.42. The Balaban J connectivity index is 2.34. The molecule has 4 nitrogen and oxygen atoms in total. The number of primary amides is 1. The molecule has 1 unspecified atom stereocenters. The summed E-state index contributed by atoms with van der Waals surface area (Å²) in [5.74, 6) is 0.132. The minimum atomic E-state index is -0.520. The van der Waals surface area contributed by atoms with E-state index in [0.29, 0.717) is 5.75 Å². The molecule has 1 atom stereocenters. The van der Waals surface area contributed by atoms with Crippen LogP contribution < -0.4 is 10.5 Å². The third-order valence-electron chi connectivity index (χ3n) is 3.25. The highest BCUT2D eigenvalue weighted by Gasteiger charge is 2.24. The number of hydrogen-bond acceptors (Lipinski definition) is 3. The monoisotopic (exact) mass is 247 g/mol. The van der Waals surface area contributed by atoms with E-state index in [1.807, 2.05) is 26.0 Å². The van der Waals surface area contributed by atoms with Crippen molar-refractivity contribution >= 4 is 12.0 Å². The highest BCUT2D eigenvalue weighted by atomic mass is 16.5. The van der Waals surface area contributed by atoms with Gasteiger partial charge in [-0.25, -0.2) is 0 Å². The van der Waals surface area contributed by atoms with Gasteiger partial charge in [-0.05, 0) is 41.7 Å². The van der Waals surface area contributed by atoms with E-state index in [1.54, 1.807) is 6.07 Å². The van der Waals surface area contributed by atoms with Gasteiger partial charge in [-0.1, -0.05) is 19.1 Å². The van der Waals surface area contributed by atoms with Gasteiger partial charge in [-0.15, -0.1) is 0 Å². The Morgan fingerprint density at radius 2 is 2.22 bits per heavy atom. The van der Waals surface area contributed by atoms with E-state index in [0.717, 1.165) is 28.7 Å². The fourth-order valence-corrected chi connectivity index (χ4v) is 2.22. The number of rotatable bonds is 4. The second kappa shape index (κ2) is 4.82. The molecule has 1 aromatic carbocycles. The third-order valence-corrected chi connectivity index (χ3v) is 3.25. The van der Waals surface area contributed by atoms with Crippen LogP contribution in [0.5, 0.6) is 5.75 Å². The average molecular weight is 247 g/mol. The van der Waals surface area contributed by atoms with Crippen molar-refractivity contribution in [3.05, 3.63) is 34.4 Å². The standard InChI is InChI=1S/C14H17NO3/c1-3-9-6-11-8(2)12(18-7-13(15)16)5-4-10(11)14(9)17/h4-6,14,17H,3,7H2,1-2H3,(H2,15,16). The lowest BCUT2D eigenvalue weighted by Gasteiger charge is -2.13. The van der Waals surface area contributed by atoms with E-state index in [2.05, 4.69) is 0 Å². The van der Waals surface area contributed by atoms with Crippen LogP contribution in [-0.4, -0.2) is 17.6 Å². The molecule has 96 valence electrons. The highest BCUT2D eigenvalue weighted by molar-refractivity contribution is 5.76. The Bertz CT molecular complexity index is 520. The van der Waals surface area contributed by atoms with E-state index >= 15 is 0 Å². The van der Waals surface area contributed by atoms with Crippen LogP contribution in [-0.2, 0) is 4.79 Å². The van der Waals surface area contributed by atoms with Crippen molar-refractivity contribution in [2.75, 3.05) is 6.61 Å². The van der Waals surface area contributed by atoms with Crippen LogP contribution in [0.3, 0.4) is 0 Å². The first-order chi connectivity index (χ1) is 8.54. The minimum Gasteiger partial charge on any atom is -0.483 e. The zero-order valence-electron chi connectivity index (χ0n) is 10.6. The molecule has 1 aliphatic rings. The molecular weight excluding hydrogens is 230 g/mol. The molecule has 1 amide bonds. The summed E-state index contributed by atoms with van der Waals surface area (Å²) in [6.07, 6.45) is 2.29. The topological polar surface area (TPSA) is 72.5 Å². The molecule has 0 aromatic heterocycles. The summed E-state index contributed by atoms with van der Waals surface area (Å²) in [5.41, 5.74) is 8.87. The van der Waals surface area contributed by atoms with Crippen molar-refractivity contribution in [1.82, 2.24) is 0 Å². The van der Waals surface area contributed by atoms with E-state index in [4.69, 9.17) is 10.5 Å². The summed E-state index contributed by atoms with van der Waals surface area (Å²) < 4.78 is 5.34. The first kappa shape index (κ1) is 12.6. The van der Waals surface area contributed by atoms with Gasteiger partial charge in [0.2, 0.25) is 0 Å². The van der Waals surface area contributed by atoms with E-state index in [-0.39, 0.29) is 6.61 Å². The number of amides is 1. The van der Waals surface area contributed by atoms with Gasteiger partial charge < -0.3 is 15.6 Å². The van der Waals surface area contributed by atoms with Gasteiger partial charge in [0.15, 0.2) is 6.61 Å². The molecule has 0 bridgehead atoms. The van der Waals surface area contributed by atoms with Crippen LogP contribution >= 0.6 is 0 Å². The SMILES string of the molecule is CCC1=Cc2c(ccc(OCC(N)=O)c2C)C1O. The van der Waals surface area contributed by atoms with Gasteiger partial charge in [-0.3, -0.25) is 4.79 Å².